The van der Waals surface area contributed by atoms with E-state index >= 15 is 0 Å². The van der Waals surface area contributed by atoms with Crippen molar-refractivity contribution in [1.82, 2.24) is 10.2 Å². The molecule has 27 heavy (non-hydrogen) atoms. The maximum Gasteiger partial charge on any atom is 0.329 e. The summed E-state index contributed by atoms with van der Waals surface area (Å²) in [6.07, 6.45) is 1.11. The number of carbonyl (C=O) groups is 3. The lowest BCUT2D eigenvalue weighted by Crippen LogP contribution is -2.44. The maximum atomic E-state index is 12.4. The molecule has 1 fully saturated rings. The average molecular weight is 374 g/mol. The smallest absolute Gasteiger partial charge is 0.329 e. The summed E-state index contributed by atoms with van der Waals surface area (Å²) in [6, 6.07) is 6.47. The number of esters is 1. The van der Waals surface area contributed by atoms with Crippen molar-refractivity contribution in [3.05, 3.63) is 35.4 Å². The molecule has 1 heterocycles. The summed E-state index contributed by atoms with van der Waals surface area (Å²) in [5.74, 6) is -1.15. The molecule has 1 N–H and O–H groups in total. The molecule has 1 aliphatic heterocycles. The minimum atomic E-state index is -0.846. The molecule has 0 radical (unpaired) electrons. The Labute approximate surface area is 161 Å². The molecule has 0 bridgehead atoms. The van der Waals surface area contributed by atoms with Crippen LogP contribution in [0.2, 0.25) is 0 Å². The van der Waals surface area contributed by atoms with Crippen molar-refractivity contribution < 1.29 is 19.1 Å². The fraction of sp³-hybridized carbons (Fsp3) is 0.571. The second-order valence-corrected chi connectivity index (χ2v) is 8.13. The summed E-state index contributed by atoms with van der Waals surface area (Å²) in [5.41, 5.74) is 1.61. The molecule has 0 aliphatic carbocycles. The summed E-state index contributed by atoms with van der Waals surface area (Å²) in [6.45, 7) is 10.8. The van der Waals surface area contributed by atoms with Crippen LogP contribution in [-0.4, -0.2) is 47.9 Å². The number of amides is 2. The second kappa shape index (κ2) is 8.55. The molecule has 6 heteroatoms. The van der Waals surface area contributed by atoms with Crippen LogP contribution in [0, 0.1) is 0 Å². The third-order valence-corrected chi connectivity index (χ3v) is 4.77. The monoisotopic (exact) mass is 374 g/mol. The Balaban J connectivity index is 1.89. The van der Waals surface area contributed by atoms with E-state index in [1.807, 2.05) is 12.1 Å². The van der Waals surface area contributed by atoms with Gasteiger partial charge in [-0.15, -0.1) is 0 Å². The van der Waals surface area contributed by atoms with Gasteiger partial charge in [0.25, 0.3) is 11.8 Å². The highest BCUT2D eigenvalue weighted by Crippen LogP contribution is 2.22. The Bertz CT molecular complexity index is 685. The molecule has 1 aromatic carbocycles. The lowest BCUT2D eigenvalue weighted by atomic mass is 9.86. The molecule has 0 spiro atoms. The van der Waals surface area contributed by atoms with Crippen LogP contribution in [0.15, 0.2) is 24.3 Å². The Kier molecular flexibility index (Phi) is 6.63. The van der Waals surface area contributed by atoms with Gasteiger partial charge in [0.05, 0.1) is 0 Å². The highest BCUT2D eigenvalue weighted by atomic mass is 16.5. The number of rotatable bonds is 5. The van der Waals surface area contributed by atoms with Crippen molar-refractivity contribution in [2.75, 3.05) is 13.1 Å². The number of nitrogens with zero attached hydrogens (tertiary/aromatic N) is 1. The van der Waals surface area contributed by atoms with E-state index in [0.29, 0.717) is 18.7 Å². The van der Waals surface area contributed by atoms with E-state index in [2.05, 4.69) is 26.1 Å². The summed E-state index contributed by atoms with van der Waals surface area (Å²) in [7, 11) is 0. The highest BCUT2D eigenvalue weighted by Gasteiger charge is 2.28. The molecule has 1 aromatic rings. The SMILES string of the molecule is C[C@H](OC(=O)[C@@H](C)NC(=O)c1ccc(C(C)(C)C)cc1)C(=O)N1CCCC1. The van der Waals surface area contributed by atoms with Crippen molar-refractivity contribution >= 4 is 17.8 Å². The van der Waals surface area contributed by atoms with Crippen molar-refractivity contribution in [2.24, 2.45) is 0 Å². The van der Waals surface area contributed by atoms with Crippen LogP contribution in [0.25, 0.3) is 0 Å². The van der Waals surface area contributed by atoms with Crippen molar-refractivity contribution in [3.63, 3.8) is 0 Å². The Morgan fingerprint density at radius 2 is 1.59 bits per heavy atom. The predicted molar refractivity (Wildman–Crippen MR) is 103 cm³/mol. The number of hydrogen-bond donors (Lipinski definition) is 1. The zero-order valence-corrected chi connectivity index (χ0v) is 16.9. The topological polar surface area (TPSA) is 75.7 Å². The first kappa shape index (κ1) is 20.9. The maximum absolute atomic E-state index is 12.4. The van der Waals surface area contributed by atoms with Gasteiger partial charge in [-0.3, -0.25) is 9.59 Å². The molecule has 1 saturated heterocycles. The molecular formula is C21H30N2O4. The molecule has 2 rings (SSSR count). The Hall–Kier alpha value is -2.37. The normalized spacial score (nSPS) is 16.6. The molecule has 1 aliphatic rings. The molecule has 0 aromatic heterocycles. The van der Waals surface area contributed by atoms with Crippen molar-refractivity contribution in [2.45, 2.75) is 65.0 Å². The molecular weight excluding hydrogens is 344 g/mol. The molecule has 6 nitrogen and oxygen atoms in total. The van der Waals surface area contributed by atoms with E-state index in [4.69, 9.17) is 4.74 Å². The molecule has 0 unspecified atom stereocenters. The number of benzene rings is 1. The van der Waals surface area contributed by atoms with Crippen LogP contribution in [0.1, 0.15) is 63.4 Å². The molecule has 2 amide bonds. The number of carbonyl (C=O) groups excluding carboxylic acids is 3. The van der Waals surface area contributed by atoms with Crippen LogP contribution >= 0.6 is 0 Å². The summed E-state index contributed by atoms with van der Waals surface area (Å²) in [5, 5.41) is 2.63. The van der Waals surface area contributed by atoms with Gasteiger partial charge in [-0.1, -0.05) is 32.9 Å². The van der Waals surface area contributed by atoms with Gasteiger partial charge in [0, 0.05) is 18.7 Å². The second-order valence-electron chi connectivity index (χ2n) is 8.13. The van der Waals surface area contributed by atoms with Crippen LogP contribution in [0.5, 0.6) is 0 Å². The Morgan fingerprint density at radius 3 is 2.11 bits per heavy atom. The first-order valence-electron chi connectivity index (χ1n) is 9.50. The van der Waals surface area contributed by atoms with Gasteiger partial charge in [-0.2, -0.15) is 0 Å². The first-order chi connectivity index (χ1) is 12.6. The average Bonchev–Trinajstić information content (AvgIpc) is 3.14. The molecule has 2 atom stereocenters. The van der Waals surface area contributed by atoms with Gasteiger partial charge < -0.3 is 15.0 Å². The van der Waals surface area contributed by atoms with Crippen molar-refractivity contribution in [3.8, 4) is 0 Å². The van der Waals surface area contributed by atoms with Gasteiger partial charge in [0.2, 0.25) is 0 Å². The fourth-order valence-corrected chi connectivity index (χ4v) is 2.98. The lowest BCUT2D eigenvalue weighted by molar-refractivity contribution is -0.159. The lowest BCUT2D eigenvalue weighted by Gasteiger charge is -2.22. The van der Waals surface area contributed by atoms with Gasteiger partial charge in [-0.05, 0) is 49.8 Å². The van der Waals surface area contributed by atoms with Gasteiger partial charge in [0.15, 0.2) is 6.10 Å². The van der Waals surface area contributed by atoms with Gasteiger partial charge in [-0.25, -0.2) is 4.79 Å². The standard InChI is InChI=1S/C21H30N2O4/c1-14(20(26)27-15(2)19(25)23-12-6-7-13-23)22-18(24)16-8-10-17(11-9-16)21(3,4)5/h8-11,14-15H,6-7,12-13H2,1-5H3,(H,22,24)/t14-,15+/m1/s1. The minimum Gasteiger partial charge on any atom is -0.451 e. The summed E-state index contributed by atoms with van der Waals surface area (Å²) < 4.78 is 5.24. The van der Waals surface area contributed by atoms with Crippen LogP contribution < -0.4 is 5.32 Å². The highest BCUT2D eigenvalue weighted by molar-refractivity contribution is 5.97. The van der Waals surface area contributed by atoms with Crippen LogP contribution in [0.3, 0.4) is 0 Å². The zero-order valence-electron chi connectivity index (χ0n) is 16.9. The number of nitrogens with one attached hydrogen (secondary N) is 1. The van der Waals surface area contributed by atoms with E-state index in [-0.39, 0.29) is 17.2 Å². The quantitative estimate of drug-likeness (QED) is 0.804. The molecule has 0 saturated carbocycles. The van der Waals surface area contributed by atoms with E-state index in [1.54, 1.807) is 30.9 Å². The molecule has 148 valence electrons. The largest absolute Gasteiger partial charge is 0.451 e. The number of ether oxygens (including phenoxy) is 1. The summed E-state index contributed by atoms with van der Waals surface area (Å²) >= 11 is 0. The minimum absolute atomic E-state index is 0.00409. The van der Waals surface area contributed by atoms with Crippen LogP contribution in [0.4, 0.5) is 0 Å². The predicted octanol–water partition coefficient (Wildman–Crippen LogP) is 2.66. The third-order valence-electron chi connectivity index (χ3n) is 4.77. The van der Waals surface area contributed by atoms with E-state index in [0.717, 1.165) is 18.4 Å². The van der Waals surface area contributed by atoms with E-state index in [9.17, 15) is 14.4 Å². The zero-order chi connectivity index (χ0) is 20.2. The first-order valence-corrected chi connectivity index (χ1v) is 9.50. The van der Waals surface area contributed by atoms with Crippen LogP contribution in [-0.2, 0) is 19.7 Å². The summed E-state index contributed by atoms with van der Waals surface area (Å²) in [4.78, 5) is 38.5. The van der Waals surface area contributed by atoms with E-state index < -0.39 is 18.1 Å². The number of hydrogen-bond acceptors (Lipinski definition) is 4. The van der Waals surface area contributed by atoms with Gasteiger partial charge >= 0.3 is 5.97 Å². The van der Waals surface area contributed by atoms with Gasteiger partial charge in [0.1, 0.15) is 6.04 Å². The third kappa shape index (κ3) is 5.55. The Morgan fingerprint density at radius 1 is 1.04 bits per heavy atom. The van der Waals surface area contributed by atoms with E-state index in [1.165, 1.54) is 0 Å². The fourth-order valence-electron chi connectivity index (χ4n) is 2.98. The number of likely N-dealkylation sites (tertiary alicyclic amines) is 1. The van der Waals surface area contributed by atoms with Crippen molar-refractivity contribution in [1.29, 1.82) is 0 Å².